The van der Waals surface area contributed by atoms with Gasteiger partial charge in [0.05, 0.1) is 11.8 Å². The van der Waals surface area contributed by atoms with Crippen LogP contribution in [0.1, 0.15) is 26.8 Å². The number of nitrogens with zero attached hydrogens (tertiary/aromatic N) is 4. The van der Waals surface area contributed by atoms with Crippen molar-refractivity contribution in [2.75, 3.05) is 18.4 Å². The van der Waals surface area contributed by atoms with Crippen molar-refractivity contribution in [3.63, 3.8) is 0 Å². The Balaban J connectivity index is 1.32. The monoisotopic (exact) mass is 377 g/mol. The van der Waals surface area contributed by atoms with Crippen LogP contribution in [-0.4, -0.2) is 44.6 Å². The number of fused-ring (bicyclic) bond motifs is 2. The van der Waals surface area contributed by atoms with Gasteiger partial charge in [0, 0.05) is 31.7 Å². The van der Waals surface area contributed by atoms with E-state index in [1.165, 1.54) is 12.5 Å². The second kappa shape index (κ2) is 6.63. The van der Waals surface area contributed by atoms with Crippen LogP contribution < -0.4 is 5.32 Å². The lowest BCUT2D eigenvalue weighted by Crippen LogP contribution is -2.31. The van der Waals surface area contributed by atoms with Gasteiger partial charge in [0.25, 0.3) is 11.8 Å². The molecule has 2 aromatic heterocycles. The fourth-order valence-electron chi connectivity index (χ4n) is 4.14. The standard InChI is InChI=1S/C20H19N5O3/c26-19(21-16-4-2-1-3-5-16)18-23-22-17-8-14-9-24(10-15(14)11-25(17)18)20(27)13-6-7-28-12-13/h1-7,12,14-15H,8-11H2,(H,21,26)/t14-,15-/m1/s1. The minimum atomic E-state index is -0.271. The van der Waals surface area contributed by atoms with Gasteiger partial charge in [0.1, 0.15) is 12.1 Å². The number of nitrogens with one attached hydrogen (secondary N) is 1. The number of likely N-dealkylation sites (tertiary alicyclic amines) is 1. The summed E-state index contributed by atoms with van der Waals surface area (Å²) in [6.07, 6.45) is 3.70. The maximum atomic E-state index is 12.7. The maximum Gasteiger partial charge on any atom is 0.293 e. The summed E-state index contributed by atoms with van der Waals surface area (Å²) in [6, 6.07) is 11.0. The van der Waals surface area contributed by atoms with Crippen LogP contribution in [0.25, 0.3) is 0 Å². The van der Waals surface area contributed by atoms with E-state index in [-0.39, 0.29) is 17.7 Å². The number of hydrogen-bond acceptors (Lipinski definition) is 5. The number of benzene rings is 1. The first-order valence-corrected chi connectivity index (χ1v) is 9.29. The Kier molecular flexibility index (Phi) is 3.96. The molecule has 8 nitrogen and oxygen atoms in total. The number of carbonyl (C=O) groups excluding carboxylic acids is 2. The van der Waals surface area contributed by atoms with Gasteiger partial charge in [-0.3, -0.25) is 9.59 Å². The Hall–Kier alpha value is -3.42. The predicted octanol–water partition coefficient (Wildman–Crippen LogP) is 2.07. The van der Waals surface area contributed by atoms with Crippen LogP contribution in [0.4, 0.5) is 5.69 Å². The molecule has 1 aromatic carbocycles. The topological polar surface area (TPSA) is 93.3 Å². The Bertz CT molecular complexity index is 1010. The first-order valence-electron chi connectivity index (χ1n) is 9.29. The van der Waals surface area contributed by atoms with Crippen LogP contribution in [0.5, 0.6) is 0 Å². The van der Waals surface area contributed by atoms with Gasteiger partial charge in [-0.2, -0.15) is 0 Å². The molecule has 8 heteroatoms. The SMILES string of the molecule is O=C(Nc1ccccc1)c1nnc2n1C[C@H]1CN(C(=O)c3ccoc3)C[C@H]1C2. The van der Waals surface area contributed by atoms with E-state index >= 15 is 0 Å². The van der Waals surface area contributed by atoms with Crippen molar-refractivity contribution in [1.82, 2.24) is 19.7 Å². The van der Waals surface area contributed by atoms with Crippen LogP contribution in [0.15, 0.2) is 53.3 Å². The molecule has 142 valence electrons. The van der Waals surface area contributed by atoms with E-state index in [4.69, 9.17) is 4.42 Å². The molecule has 1 N–H and O–H groups in total. The van der Waals surface area contributed by atoms with Crippen LogP contribution in [0, 0.1) is 11.8 Å². The molecule has 0 saturated carbocycles. The molecule has 2 amide bonds. The molecule has 2 aliphatic rings. The smallest absolute Gasteiger partial charge is 0.293 e. The second-order valence-electron chi connectivity index (χ2n) is 7.32. The molecular formula is C20H19N5O3. The minimum absolute atomic E-state index is 0.0130. The van der Waals surface area contributed by atoms with Crippen molar-refractivity contribution in [2.45, 2.75) is 13.0 Å². The number of anilines is 1. The number of carbonyl (C=O) groups is 2. The van der Waals surface area contributed by atoms with Crippen molar-refractivity contribution in [2.24, 2.45) is 11.8 Å². The number of furan rings is 1. The Morgan fingerprint density at radius 2 is 1.86 bits per heavy atom. The maximum absolute atomic E-state index is 12.7. The summed E-state index contributed by atoms with van der Waals surface area (Å²) in [5.74, 6) is 1.45. The normalized spacial score (nSPS) is 20.5. The molecule has 0 radical (unpaired) electrons. The van der Waals surface area contributed by atoms with Gasteiger partial charge >= 0.3 is 0 Å². The summed E-state index contributed by atoms with van der Waals surface area (Å²) in [7, 11) is 0. The van der Waals surface area contributed by atoms with Gasteiger partial charge in [-0.1, -0.05) is 18.2 Å². The third-order valence-electron chi connectivity index (χ3n) is 5.56. The first-order chi connectivity index (χ1) is 13.7. The average molecular weight is 377 g/mol. The van der Waals surface area contributed by atoms with Crippen molar-refractivity contribution < 1.29 is 14.0 Å². The fourth-order valence-corrected chi connectivity index (χ4v) is 4.14. The van der Waals surface area contributed by atoms with Gasteiger partial charge in [0.15, 0.2) is 0 Å². The van der Waals surface area contributed by atoms with Crippen LogP contribution >= 0.6 is 0 Å². The minimum Gasteiger partial charge on any atom is -0.472 e. The van der Waals surface area contributed by atoms with E-state index in [0.29, 0.717) is 43.4 Å². The van der Waals surface area contributed by atoms with E-state index in [1.54, 1.807) is 6.07 Å². The van der Waals surface area contributed by atoms with Gasteiger partial charge in [-0.05, 0) is 30.0 Å². The number of hydrogen-bond donors (Lipinski definition) is 1. The molecule has 1 fully saturated rings. The van der Waals surface area contributed by atoms with E-state index in [9.17, 15) is 9.59 Å². The zero-order chi connectivity index (χ0) is 19.1. The summed E-state index contributed by atoms with van der Waals surface area (Å²) in [5, 5.41) is 11.2. The van der Waals surface area contributed by atoms with Crippen molar-refractivity contribution >= 4 is 17.5 Å². The summed E-state index contributed by atoms with van der Waals surface area (Å²) in [6.45, 7) is 1.98. The summed E-state index contributed by atoms with van der Waals surface area (Å²) in [4.78, 5) is 27.1. The average Bonchev–Trinajstić information content (AvgIpc) is 3.45. The lowest BCUT2D eigenvalue weighted by atomic mass is 9.89. The lowest BCUT2D eigenvalue weighted by molar-refractivity contribution is 0.0782. The lowest BCUT2D eigenvalue weighted by Gasteiger charge is -2.25. The van der Waals surface area contributed by atoms with Crippen LogP contribution in [0.3, 0.4) is 0 Å². The Morgan fingerprint density at radius 3 is 2.64 bits per heavy atom. The van der Waals surface area contributed by atoms with Gasteiger partial charge in [0.2, 0.25) is 5.82 Å². The fraction of sp³-hybridized carbons (Fsp3) is 0.300. The highest BCUT2D eigenvalue weighted by atomic mass is 16.3. The van der Waals surface area contributed by atoms with E-state index < -0.39 is 0 Å². The molecule has 0 spiro atoms. The quantitative estimate of drug-likeness (QED) is 0.754. The number of rotatable bonds is 3. The van der Waals surface area contributed by atoms with Crippen molar-refractivity contribution in [3.8, 4) is 0 Å². The molecule has 5 rings (SSSR count). The van der Waals surface area contributed by atoms with Gasteiger partial charge in [-0.15, -0.1) is 10.2 Å². The predicted molar refractivity (Wildman–Crippen MR) is 99.7 cm³/mol. The summed E-state index contributed by atoms with van der Waals surface area (Å²) in [5.41, 5.74) is 1.29. The number of aromatic nitrogens is 3. The van der Waals surface area contributed by atoms with Crippen LogP contribution in [0.2, 0.25) is 0 Å². The van der Waals surface area contributed by atoms with Gasteiger partial charge in [-0.25, -0.2) is 0 Å². The molecule has 3 aromatic rings. The highest BCUT2D eigenvalue weighted by Gasteiger charge is 2.41. The number of para-hydroxylation sites is 1. The molecule has 0 unspecified atom stereocenters. The molecule has 1 saturated heterocycles. The molecular weight excluding hydrogens is 358 g/mol. The van der Waals surface area contributed by atoms with Crippen molar-refractivity contribution in [3.05, 3.63) is 66.1 Å². The van der Waals surface area contributed by atoms with Gasteiger partial charge < -0.3 is 19.2 Å². The van der Waals surface area contributed by atoms with E-state index in [0.717, 1.165) is 11.5 Å². The number of amides is 2. The summed E-state index contributed by atoms with van der Waals surface area (Å²) >= 11 is 0. The molecule has 4 heterocycles. The first kappa shape index (κ1) is 16.7. The molecule has 28 heavy (non-hydrogen) atoms. The zero-order valence-corrected chi connectivity index (χ0v) is 15.1. The third kappa shape index (κ3) is 2.87. The second-order valence-corrected chi connectivity index (χ2v) is 7.32. The van der Waals surface area contributed by atoms with Crippen LogP contribution in [-0.2, 0) is 13.0 Å². The Labute approximate surface area is 161 Å². The largest absolute Gasteiger partial charge is 0.472 e. The molecule has 0 aliphatic carbocycles. The summed E-state index contributed by atoms with van der Waals surface area (Å²) < 4.78 is 6.92. The van der Waals surface area contributed by atoms with Crippen molar-refractivity contribution in [1.29, 1.82) is 0 Å². The highest BCUT2D eigenvalue weighted by molar-refractivity contribution is 6.01. The highest BCUT2D eigenvalue weighted by Crippen LogP contribution is 2.33. The van der Waals surface area contributed by atoms with E-state index in [1.807, 2.05) is 39.8 Å². The zero-order valence-electron chi connectivity index (χ0n) is 15.1. The van der Waals surface area contributed by atoms with E-state index in [2.05, 4.69) is 15.5 Å². The third-order valence-corrected chi connectivity index (χ3v) is 5.56. The Morgan fingerprint density at radius 1 is 1.04 bits per heavy atom. The molecule has 2 aliphatic heterocycles. The molecule has 2 atom stereocenters. The molecule has 0 bridgehead atoms.